The molecule has 5 heteroatoms. The van der Waals surface area contributed by atoms with Gasteiger partial charge in [0.25, 0.3) is 0 Å². The molecule has 4 nitrogen and oxygen atoms in total. The monoisotopic (exact) mass is 208 g/mol. The van der Waals surface area contributed by atoms with Crippen molar-refractivity contribution in [3.63, 3.8) is 0 Å². The van der Waals surface area contributed by atoms with Crippen molar-refractivity contribution in [3.8, 4) is 0 Å². The average Bonchev–Trinajstić information content (AvgIpc) is 2.67. The fraction of sp³-hybridized carbons (Fsp3) is 0.222. The molecule has 2 aromatic rings. The van der Waals surface area contributed by atoms with E-state index < -0.39 is 0 Å². The third-order valence-corrected chi connectivity index (χ3v) is 2.06. The number of alkyl halides is 1. The molecule has 0 radical (unpaired) electrons. The van der Waals surface area contributed by atoms with Crippen LogP contribution in [0.5, 0.6) is 0 Å². The quantitative estimate of drug-likeness (QED) is 0.779. The Morgan fingerprint density at radius 2 is 2.07 bits per heavy atom. The zero-order valence-electron chi connectivity index (χ0n) is 7.44. The summed E-state index contributed by atoms with van der Waals surface area (Å²) in [5.74, 6) is 1.80. The first kappa shape index (κ1) is 9.15. The van der Waals surface area contributed by atoms with Crippen molar-refractivity contribution in [1.29, 1.82) is 0 Å². The lowest BCUT2D eigenvalue weighted by atomic mass is 10.2. The lowest BCUT2D eigenvalue weighted by Crippen LogP contribution is -1.91. The first-order chi connectivity index (χ1) is 6.88. The summed E-state index contributed by atoms with van der Waals surface area (Å²) in [5.41, 5.74) is 1.15. The Kier molecular flexibility index (Phi) is 2.74. The molecule has 2 heterocycles. The molecule has 0 aliphatic heterocycles. The van der Waals surface area contributed by atoms with Crippen LogP contribution >= 0.6 is 11.6 Å². The number of aromatic nitrogens is 4. The highest BCUT2D eigenvalue weighted by Crippen LogP contribution is 2.04. The Morgan fingerprint density at radius 3 is 2.71 bits per heavy atom. The molecule has 0 bridgehead atoms. The van der Waals surface area contributed by atoms with Crippen molar-refractivity contribution in [2.24, 2.45) is 0 Å². The molecule has 0 fully saturated rings. The maximum atomic E-state index is 5.59. The van der Waals surface area contributed by atoms with Crippen LogP contribution in [0.2, 0.25) is 0 Å². The van der Waals surface area contributed by atoms with Gasteiger partial charge >= 0.3 is 0 Å². The zero-order valence-corrected chi connectivity index (χ0v) is 8.20. The van der Waals surface area contributed by atoms with Gasteiger partial charge in [0.1, 0.15) is 5.82 Å². The number of hydrogen-bond donors (Lipinski definition) is 1. The van der Waals surface area contributed by atoms with Gasteiger partial charge in [0.15, 0.2) is 5.82 Å². The molecule has 0 aromatic carbocycles. The van der Waals surface area contributed by atoms with Crippen molar-refractivity contribution in [3.05, 3.63) is 41.7 Å². The number of pyridine rings is 1. The van der Waals surface area contributed by atoms with Crippen LogP contribution < -0.4 is 0 Å². The number of hydrogen-bond acceptors (Lipinski definition) is 3. The van der Waals surface area contributed by atoms with Crippen LogP contribution in [-0.2, 0) is 12.3 Å². The fourth-order valence-electron chi connectivity index (χ4n) is 1.17. The summed E-state index contributed by atoms with van der Waals surface area (Å²) in [6.45, 7) is 0. The molecule has 1 N–H and O–H groups in total. The van der Waals surface area contributed by atoms with Crippen molar-refractivity contribution < 1.29 is 0 Å². The highest BCUT2D eigenvalue weighted by atomic mass is 35.5. The highest BCUT2D eigenvalue weighted by molar-refractivity contribution is 6.16. The van der Waals surface area contributed by atoms with Crippen molar-refractivity contribution >= 4 is 11.6 Å². The third kappa shape index (κ3) is 2.09. The zero-order chi connectivity index (χ0) is 9.80. The average molecular weight is 209 g/mol. The van der Waals surface area contributed by atoms with E-state index in [0.29, 0.717) is 11.7 Å². The molecule has 0 saturated carbocycles. The van der Waals surface area contributed by atoms with Crippen molar-refractivity contribution in [1.82, 2.24) is 20.2 Å². The van der Waals surface area contributed by atoms with Gasteiger partial charge in [-0.3, -0.25) is 10.1 Å². The second-order valence-corrected chi connectivity index (χ2v) is 3.13. The van der Waals surface area contributed by atoms with Crippen LogP contribution in [0, 0.1) is 0 Å². The van der Waals surface area contributed by atoms with E-state index in [1.807, 2.05) is 12.1 Å². The molecule has 72 valence electrons. The highest BCUT2D eigenvalue weighted by Gasteiger charge is 2.02. The van der Waals surface area contributed by atoms with E-state index in [4.69, 9.17) is 11.6 Å². The molecule has 2 aromatic heterocycles. The number of halogens is 1. The Labute approximate surface area is 86.4 Å². The number of nitrogens with zero attached hydrogens (tertiary/aromatic N) is 3. The molecular formula is C9H9ClN4. The van der Waals surface area contributed by atoms with Gasteiger partial charge in [-0.2, -0.15) is 5.10 Å². The summed E-state index contributed by atoms with van der Waals surface area (Å²) < 4.78 is 0. The Morgan fingerprint density at radius 1 is 1.29 bits per heavy atom. The number of nitrogens with one attached hydrogen (secondary N) is 1. The lowest BCUT2D eigenvalue weighted by molar-refractivity contribution is 0.966. The SMILES string of the molecule is ClCc1n[nH]c(Cc2ccncc2)n1. The summed E-state index contributed by atoms with van der Waals surface area (Å²) in [5, 5.41) is 6.79. The Bertz CT molecular complexity index is 398. The minimum absolute atomic E-state index is 0.340. The van der Waals surface area contributed by atoms with E-state index in [1.165, 1.54) is 0 Å². The summed E-state index contributed by atoms with van der Waals surface area (Å²) in [4.78, 5) is 8.15. The molecule has 0 amide bonds. The van der Waals surface area contributed by atoms with Gasteiger partial charge in [0.2, 0.25) is 0 Å². The van der Waals surface area contributed by atoms with Crippen LogP contribution in [0.3, 0.4) is 0 Å². The summed E-state index contributed by atoms with van der Waals surface area (Å²) >= 11 is 5.59. The van der Waals surface area contributed by atoms with Gasteiger partial charge in [0, 0.05) is 18.8 Å². The van der Waals surface area contributed by atoms with Gasteiger partial charge in [0.05, 0.1) is 5.88 Å². The number of aromatic amines is 1. The normalized spacial score (nSPS) is 10.4. The minimum Gasteiger partial charge on any atom is -0.265 e. The molecule has 0 aliphatic rings. The fourth-order valence-corrected chi connectivity index (χ4v) is 1.29. The molecular weight excluding hydrogens is 200 g/mol. The standard InChI is InChI=1S/C9H9ClN4/c10-6-9-12-8(13-14-9)5-7-1-3-11-4-2-7/h1-4H,5-6H2,(H,12,13,14). The maximum absolute atomic E-state index is 5.59. The predicted octanol–water partition coefficient (Wildman–Crippen LogP) is 1.53. The van der Waals surface area contributed by atoms with Gasteiger partial charge in [-0.25, -0.2) is 4.98 Å². The van der Waals surface area contributed by atoms with E-state index in [0.717, 1.165) is 17.8 Å². The first-order valence-electron chi connectivity index (χ1n) is 4.23. The van der Waals surface area contributed by atoms with Gasteiger partial charge in [-0.15, -0.1) is 11.6 Å². The van der Waals surface area contributed by atoms with Crippen LogP contribution in [0.1, 0.15) is 17.2 Å². The van der Waals surface area contributed by atoms with Crippen LogP contribution in [-0.4, -0.2) is 20.2 Å². The second-order valence-electron chi connectivity index (χ2n) is 2.86. The van der Waals surface area contributed by atoms with Crippen LogP contribution in [0.4, 0.5) is 0 Å². The Hall–Kier alpha value is -1.42. The van der Waals surface area contributed by atoms with Crippen LogP contribution in [0.25, 0.3) is 0 Å². The molecule has 0 atom stereocenters. The Balaban J connectivity index is 2.11. The van der Waals surface area contributed by atoms with Crippen molar-refractivity contribution in [2.45, 2.75) is 12.3 Å². The number of rotatable bonds is 3. The predicted molar refractivity (Wildman–Crippen MR) is 53.0 cm³/mol. The summed E-state index contributed by atoms with van der Waals surface area (Å²) in [6.07, 6.45) is 4.24. The topological polar surface area (TPSA) is 54.5 Å². The number of H-pyrrole nitrogens is 1. The van der Waals surface area contributed by atoms with E-state index >= 15 is 0 Å². The lowest BCUT2D eigenvalue weighted by Gasteiger charge is -1.94. The van der Waals surface area contributed by atoms with E-state index in [2.05, 4.69) is 20.2 Å². The molecule has 0 saturated heterocycles. The van der Waals surface area contributed by atoms with Gasteiger partial charge in [-0.1, -0.05) is 0 Å². The maximum Gasteiger partial charge on any atom is 0.165 e. The molecule has 14 heavy (non-hydrogen) atoms. The second kappa shape index (κ2) is 4.19. The molecule has 0 unspecified atom stereocenters. The largest absolute Gasteiger partial charge is 0.265 e. The molecule has 2 rings (SSSR count). The first-order valence-corrected chi connectivity index (χ1v) is 4.77. The van der Waals surface area contributed by atoms with E-state index in [-0.39, 0.29) is 0 Å². The summed E-state index contributed by atoms with van der Waals surface area (Å²) in [6, 6.07) is 3.89. The van der Waals surface area contributed by atoms with E-state index in [9.17, 15) is 0 Å². The summed E-state index contributed by atoms with van der Waals surface area (Å²) in [7, 11) is 0. The third-order valence-electron chi connectivity index (χ3n) is 1.82. The van der Waals surface area contributed by atoms with Gasteiger partial charge < -0.3 is 0 Å². The van der Waals surface area contributed by atoms with Crippen molar-refractivity contribution in [2.75, 3.05) is 0 Å². The van der Waals surface area contributed by atoms with Gasteiger partial charge in [-0.05, 0) is 17.7 Å². The van der Waals surface area contributed by atoms with E-state index in [1.54, 1.807) is 12.4 Å². The molecule has 0 aliphatic carbocycles. The smallest absolute Gasteiger partial charge is 0.165 e. The minimum atomic E-state index is 0.340. The van der Waals surface area contributed by atoms with Crippen LogP contribution in [0.15, 0.2) is 24.5 Å². The molecule has 0 spiro atoms.